The smallest absolute Gasteiger partial charge is 0.163 e. The fourth-order valence-corrected chi connectivity index (χ4v) is 2.67. The Bertz CT molecular complexity index is 405. The summed E-state index contributed by atoms with van der Waals surface area (Å²) in [5.41, 5.74) is 0.599. The molecule has 0 saturated carbocycles. The van der Waals surface area contributed by atoms with Crippen LogP contribution in [-0.4, -0.2) is 25.3 Å². The molecule has 1 heterocycles. The van der Waals surface area contributed by atoms with Crippen LogP contribution in [0.1, 0.15) is 17.9 Å². The molecule has 1 atom stereocenters. The Labute approximate surface area is 102 Å². The van der Waals surface area contributed by atoms with Gasteiger partial charge in [0.15, 0.2) is 11.5 Å². The van der Waals surface area contributed by atoms with E-state index in [0.29, 0.717) is 10.0 Å². The van der Waals surface area contributed by atoms with Crippen molar-refractivity contribution in [3.05, 3.63) is 21.9 Å². The molecule has 0 radical (unpaired) electrons. The minimum atomic E-state index is -0.406. The highest BCUT2D eigenvalue weighted by atomic mass is 79.9. The molecule has 1 aliphatic rings. The summed E-state index contributed by atoms with van der Waals surface area (Å²) < 4.78 is 18.9. The van der Waals surface area contributed by atoms with E-state index in [0.717, 1.165) is 19.5 Å². The minimum absolute atomic E-state index is 0.0319. The van der Waals surface area contributed by atoms with Gasteiger partial charge in [-0.2, -0.15) is 0 Å². The molecule has 16 heavy (non-hydrogen) atoms. The first-order valence-corrected chi connectivity index (χ1v) is 5.90. The van der Waals surface area contributed by atoms with Crippen molar-refractivity contribution in [2.75, 3.05) is 20.2 Å². The van der Waals surface area contributed by atoms with E-state index in [1.165, 1.54) is 13.2 Å². The minimum Gasteiger partial charge on any atom is -0.504 e. The van der Waals surface area contributed by atoms with E-state index in [9.17, 15) is 9.50 Å². The van der Waals surface area contributed by atoms with Gasteiger partial charge in [0, 0.05) is 24.1 Å². The van der Waals surface area contributed by atoms with E-state index in [1.54, 1.807) is 0 Å². The third-order valence-corrected chi connectivity index (χ3v) is 3.69. The predicted molar refractivity (Wildman–Crippen MR) is 62.5 cm³/mol. The quantitative estimate of drug-likeness (QED) is 0.878. The van der Waals surface area contributed by atoms with Gasteiger partial charge in [-0.1, -0.05) is 0 Å². The first-order chi connectivity index (χ1) is 7.65. The summed E-state index contributed by atoms with van der Waals surface area (Å²) in [6.07, 6.45) is 0.888. The SMILES string of the molecule is COc1cc(F)c(Br)c(C2CCNC2)c1O. The van der Waals surface area contributed by atoms with Gasteiger partial charge in [0.2, 0.25) is 0 Å². The van der Waals surface area contributed by atoms with Crippen LogP contribution in [0.4, 0.5) is 4.39 Å². The van der Waals surface area contributed by atoms with Gasteiger partial charge in [-0.15, -0.1) is 0 Å². The van der Waals surface area contributed by atoms with Crippen LogP contribution in [0, 0.1) is 5.82 Å². The molecule has 3 nitrogen and oxygen atoms in total. The Hall–Kier alpha value is -0.810. The summed E-state index contributed by atoms with van der Waals surface area (Å²) in [5, 5.41) is 13.2. The normalized spacial score (nSPS) is 20.1. The molecule has 1 unspecified atom stereocenters. The average molecular weight is 290 g/mol. The molecule has 0 bridgehead atoms. The van der Waals surface area contributed by atoms with Crippen molar-refractivity contribution >= 4 is 15.9 Å². The van der Waals surface area contributed by atoms with Gasteiger partial charge in [0.25, 0.3) is 0 Å². The fourth-order valence-electron chi connectivity index (χ4n) is 2.04. The summed E-state index contributed by atoms with van der Waals surface area (Å²) in [4.78, 5) is 0. The van der Waals surface area contributed by atoms with Crippen LogP contribution in [0.15, 0.2) is 10.5 Å². The van der Waals surface area contributed by atoms with E-state index in [1.807, 2.05) is 0 Å². The maximum atomic E-state index is 13.6. The molecule has 0 aliphatic carbocycles. The van der Waals surface area contributed by atoms with Gasteiger partial charge < -0.3 is 15.2 Å². The van der Waals surface area contributed by atoms with Gasteiger partial charge in [0.05, 0.1) is 11.6 Å². The van der Waals surface area contributed by atoms with Gasteiger partial charge in [-0.05, 0) is 28.9 Å². The van der Waals surface area contributed by atoms with E-state index in [2.05, 4.69) is 21.2 Å². The van der Waals surface area contributed by atoms with Crippen molar-refractivity contribution < 1.29 is 14.2 Å². The Morgan fingerprint density at radius 1 is 1.62 bits per heavy atom. The number of ether oxygens (including phenoxy) is 1. The first kappa shape index (κ1) is 11.7. The highest BCUT2D eigenvalue weighted by Crippen LogP contribution is 2.43. The zero-order valence-corrected chi connectivity index (χ0v) is 10.5. The number of phenolic OH excluding ortho intramolecular Hbond substituents is 1. The van der Waals surface area contributed by atoms with Crippen LogP contribution in [0.25, 0.3) is 0 Å². The summed E-state index contributed by atoms with van der Waals surface area (Å²) in [6.45, 7) is 1.63. The molecule has 2 rings (SSSR count). The van der Waals surface area contributed by atoms with Gasteiger partial charge in [0.1, 0.15) is 5.82 Å². The molecule has 1 fully saturated rings. The Kier molecular flexibility index (Phi) is 3.35. The Balaban J connectivity index is 2.52. The summed E-state index contributed by atoms with van der Waals surface area (Å²) in [7, 11) is 1.42. The zero-order valence-electron chi connectivity index (χ0n) is 8.89. The third-order valence-electron chi connectivity index (χ3n) is 2.88. The third kappa shape index (κ3) is 1.89. The molecular formula is C11H13BrFNO2. The number of methoxy groups -OCH3 is 1. The molecular weight excluding hydrogens is 277 g/mol. The highest BCUT2D eigenvalue weighted by molar-refractivity contribution is 9.10. The lowest BCUT2D eigenvalue weighted by Crippen LogP contribution is -2.09. The highest BCUT2D eigenvalue weighted by Gasteiger charge is 2.26. The molecule has 1 aromatic rings. The lowest BCUT2D eigenvalue weighted by molar-refractivity contribution is 0.364. The maximum Gasteiger partial charge on any atom is 0.163 e. The van der Waals surface area contributed by atoms with Crippen molar-refractivity contribution in [3.8, 4) is 11.5 Å². The molecule has 1 aliphatic heterocycles. The Morgan fingerprint density at radius 3 is 2.94 bits per heavy atom. The lowest BCUT2D eigenvalue weighted by Gasteiger charge is -2.16. The number of benzene rings is 1. The number of nitrogens with one attached hydrogen (secondary N) is 1. The second-order valence-electron chi connectivity index (χ2n) is 3.83. The van der Waals surface area contributed by atoms with Crippen molar-refractivity contribution in [2.24, 2.45) is 0 Å². The summed E-state index contributed by atoms with van der Waals surface area (Å²) in [6, 6.07) is 1.19. The Morgan fingerprint density at radius 2 is 2.38 bits per heavy atom. The molecule has 0 aromatic heterocycles. The number of aromatic hydroxyl groups is 1. The number of phenols is 1. The van der Waals surface area contributed by atoms with Crippen molar-refractivity contribution in [1.29, 1.82) is 0 Å². The topological polar surface area (TPSA) is 41.5 Å². The van der Waals surface area contributed by atoms with Crippen LogP contribution in [0.5, 0.6) is 11.5 Å². The van der Waals surface area contributed by atoms with E-state index in [4.69, 9.17) is 4.74 Å². The first-order valence-electron chi connectivity index (χ1n) is 5.10. The molecule has 2 N–H and O–H groups in total. The van der Waals surface area contributed by atoms with E-state index >= 15 is 0 Å². The van der Waals surface area contributed by atoms with Crippen molar-refractivity contribution in [3.63, 3.8) is 0 Å². The fraction of sp³-hybridized carbons (Fsp3) is 0.455. The molecule has 0 amide bonds. The maximum absolute atomic E-state index is 13.6. The van der Waals surface area contributed by atoms with Crippen LogP contribution >= 0.6 is 15.9 Å². The average Bonchev–Trinajstić information content (AvgIpc) is 2.77. The molecule has 1 saturated heterocycles. The second kappa shape index (κ2) is 4.59. The number of halogens is 2. The van der Waals surface area contributed by atoms with E-state index < -0.39 is 5.82 Å². The van der Waals surface area contributed by atoms with Crippen molar-refractivity contribution in [2.45, 2.75) is 12.3 Å². The van der Waals surface area contributed by atoms with Gasteiger partial charge in [-0.3, -0.25) is 0 Å². The summed E-state index contributed by atoms with van der Waals surface area (Å²) in [5.74, 6) is -0.0670. The van der Waals surface area contributed by atoms with Gasteiger partial charge in [-0.25, -0.2) is 4.39 Å². The molecule has 5 heteroatoms. The lowest BCUT2D eigenvalue weighted by atomic mass is 9.97. The van der Waals surface area contributed by atoms with E-state index in [-0.39, 0.29) is 17.4 Å². The van der Waals surface area contributed by atoms with Crippen LogP contribution < -0.4 is 10.1 Å². The van der Waals surface area contributed by atoms with Crippen LogP contribution in [0.2, 0.25) is 0 Å². The van der Waals surface area contributed by atoms with Crippen LogP contribution in [0.3, 0.4) is 0 Å². The van der Waals surface area contributed by atoms with Crippen LogP contribution in [-0.2, 0) is 0 Å². The monoisotopic (exact) mass is 289 g/mol. The molecule has 0 spiro atoms. The molecule has 88 valence electrons. The predicted octanol–water partition coefficient (Wildman–Crippen LogP) is 2.38. The van der Waals surface area contributed by atoms with Crippen molar-refractivity contribution in [1.82, 2.24) is 5.32 Å². The number of hydrogen-bond donors (Lipinski definition) is 2. The molecule has 1 aromatic carbocycles. The second-order valence-corrected chi connectivity index (χ2v) is 4.62. The summed E-state index contributed by atoms with van der Waals surface area (Å²) >= 11 is 3.19. The zero-order chi connectivity index (χ0) is 11.7. The largest absolute Gasteiger partial charge is 0.504 e. The number of hydrogen-bond acceptors (Lipinski definition) is 3. The number of rotatable bonds is 2. The van der Waals surface area contributed by atoms with Gasteiger partial charge >= 0.3 is 0 Å². The standard InChI is InChI=1S/C11H13BrFNO2/c1-16-8-4-7(13)10(12)9(11(8)15)6-2-3-14-5-6/h4,6,14-15H,2-3,5H2,1H3.